The number of nitrogens with zero attached hydrogens (tertiary/aromatic N) is 1. The van der Waals surface area contributed by atoms with Gasteiger partial charge in [0.25, 0.3) is 10.0 Å². The Morgan fingerprint density at radius 2 is 2.33 bits per heavy atom. The summed E-state index contributed by atoms with van der Waals surface area (Å²) in [7, 11) is -3.86. The summed E-state index contributed by atoms with van der Waals surface area (Å²) in [4.78, 5) is 17.1. The van der Waals surface area contributed by atoms with Gasteiger partial charge in [-0.25, -0.2) is 22.9 Å². The van der Waals surface area contributed by atoms with Crippen LogP contribution < -0.4 is 4.72 Å². The normalized spacial score (nSPS) is 11.6. The maximum absolute atomic E-state index is 11.9. The van der Waals surface area contributed by atoms with E-state index in [1.807, 2.05) is 0 Å². The third-order valence-electron chi connectivity index (χ3n) is 2.11. The van der Waals surface area contributed by atoms with Gasteiger partial charge < -0.3 is 10.1 Å². The quantitative estimate of drug-likeness (QED) is 0.747. The highest BCUT2D eigenvalue weighted by atomic mass is 32.2. The van der Waals surface area contributed by atoms with Gasteiger partial charge in [0.2, 0.25) is 0 Å². The average molecular weight is 287 g/mol. The number of aromatic amines is 1. The van der Waals surface area contributed by atoms with E-state index in [1.165, 1.54) is 5.51 Å². The van der Waals surface area contributed by atoms with E-state index in [-0.39, 0.29) is 10.8 Å². The molecule has 2 aromatic rings. The number of sulfonamides is 1. The van der Waals surface area contributed by atoms with Crippen LogP contribution in [0, 0.1) is 0 Å². The number of hydrogen-bond acceptors (Lipinski definition) is 5. The van der Waals surface area contributed by atoms with E-state index in [4.69, 9.17) is 5.11 Å². The molecule has 18 heavy (non-hydrogen) atoms. The Kier molecular flexibility index (Phi) is 3.45. The lowest BCUT2D eigenvalue weighted by Gasteiger charge is -2.03. The predicted octanol–water partition coefficient (Wildman–Crippen LogP) is 0.648. The summed E-state index contributed by atoms with van der Waals surface area (Å²) in [6.45, 7) is 0.0861. The number of thiazole rings is 1. The SMILES string of the molecule is O=C(O)c1ncsc1S(=O)(=O)NCc1cc[nH]c1. The minimum absolute atomic E-state index is 0.0861. The first-order valence-corrected chi connectivity index (χ1v) is 7.15. The van der Waals surface area contributed by atoms with Crippen molar-refractivity contribution in [1.29, 1.82) is 0 Å². The van der Waals surface area contributed by atoms with Crippen LogP contribution in [0.5, 0.6) is 0 Å². The highest BCUT2D eigenvalue weighted by Gasteiger charge is 2.25. The summed E-state index contributed by atoms with van der Waals surface area (Å²) in [6, 6.07) is 1.72. The molecule has 3 N–H and O–H groups in total. The summed E-state index contributed by atoms with van der Waals surface area (Å²) in [5.74, 6) is -1.36. The number of hydrogen-bond donors (Lipinski definition) is 3. The Morgan fingerprint density at radius 3 is 2.94 bits per heavy atom. The molecule has 0 aliphatic heterocycles. The Morgan fingerprint density at radius 1 is 1.56 bits per heavy atom. The summed E-state index contributed by atoms with van der Waals surface area (Å²) in [5, 5.41) is 8.82. The van der Waals surface area contributed by atoms with Crippen molar-refractivity contribution in [3.63, 3.8) is 0 Å². The largest absolute Gasteiger partial charge is 0.476 e. The van der Waals surface area contributed by atoms with Crippen LogP contribution in [0.1, 0.15) is 16.1 Å². The van der Waals surface area contributed by atoms with Crippen LogP contribution >= 0.6 is 11.3 Å². The van der Waals surface area contributed by atoms with Gasteiger partial charge in [-0.2, -0.15) is 0 Å². The summed E-state index contributed by atoms with van der Waals surface area (Å²) < 4.78 is 25.8. The first kappa shape index (κ1) is 12.7. The molecule has 0 atom stereocenters. The van der Waals surface area contributed by atoms with Crippen molar-refractivity contribution in [2.75, 3.05) is 0 Å². The third kappa shape index (κ3) is 2.58. The molecule has 2 heterocycles. The van der Waals surface area contributed by atoms with Crippen molar-refractivity contribution in [1.82, 2.24) is 14.7 Å². The van der Waals surface area contributed by atoms with Gasteiger partial charge in [0.1, 0.15) is 0 Å². The second-order valence-corrected chi connectivity index (χ2v) is 6.15. The predicted molar refractivity (Wildman–Crippen MR) is 63.9 cm³/mol. The zero-order valence-corrected chi connectivity index (χ0v) is 10.6. The molecule has 0 spiro atoms. The van der Waals surface area contributed by atoms with Gasteiger partial charge in [0, 0.05) is 18.9 Å². The number of aromatic nitrogens is 2. The third-order valence-corrected chi connectivity index (χ3v) is 4.88. The molecule has 0 unspecified atom stereocenters. The van der Waals surface area contributed by atoms with Gasteiger partial charge in [-0.05, 0) is 11.6 Å². The highest BCUT2D eigenvalue weighted by Crippen LogP contribution is 2.20. The van der Waals surface area contributed by atoms with Crippen molar-refractivity contribution in [2.24, 2.45) is 0 Å². The smallest absolute Gasteiger partial charge is 0.356 e. The topological polar surface area (TPSA) is 112 Å². The van der Waals surface area contributed by atoms with E-state index in [2.05, 4.69) is 14.7 Å². The first-order valence-electron chi connectivity index (χ1n) is 4.79. The second-order valence-electron chi connectivity index (χ2n) is 3.34. The van der Waals surface area contributed by atoms with Crippen molar-refractivity contribution in [2.45, 2.75) is 10.8 Å². The van der Waals surface area contributed by atoms with Gasteiger partial charge in [0.05, 0.1) is 5.51 Å². The number of nitrogens with one attached hydrogen (secondary N) is 2. The lowest BCUT2D eigenvalue weighted by atomic mass is 10.4. The van der Waals surface area contributed by atoms with Crippen LogP contribution in [0.4, 0.5) is 0 Å². The molecular weight excluding hydrogens is 278 g/mol. The zero-order valence-electron chi connectivity index (χ0n) is 8.95. The minimum Gasteiger partial charge on any atom is -0.476 e. The van der Waals surface area contributed by atoms with Crippen LogP contribution in [-0.4, -0.2) is 29.5 Å². The van der Waals surface area contributed by atoms with Crippen LogP contribution in [0.15, 0.2) is 28.2 Å². The molecule has 0 amide bonds. The highest BCUT2D eigenvalue weighted by molar-refractivity contribution is 7.91. The van der Waals surface area contributed by atoms with E-state index in [9.17, 15) is 13.2 Å². The molecule has 2 rings (SSSR count). The monoisotopic (exact) mass is 287 g/mol. The minimum atomic E-state index is -3.86. The number of carboxylic acids is 1. The number of aromatic carboxylic acids is 1. The van der Waals surface area contributed by atoms with E-state index in [0.29, 0.717) is 0 Å². The van der Waals surface area contributed by atoms with Crippen molar-refractivity contribution < 1.29 is 18.3 Å². The number of carbonyl (C=O) groups is 1. The van der Waals surface area contributed by atoms with E-state index in [0.717, 1.165) is 16.9 Å². The summed E-state index contributed by atoms with van der Waals surface area (Å²) in [5.41, 5.74) is 1.48. The Bertz CT molecular complexity index is 645. The van der Waals surface area contributed by atoms with Crippen LogP contribution in [0.3, 0.4) is 0 Å². The first-order chi connectivity index (χ1) is 8.50. The molecule has 0 bridgehead atoms. The molecule has 0 radical (unpaired) electrons. The number of H-pyrrole nitrogens is 1. The lowest BCUT2D eigenvalue weighted by Crippen LogP contribution is -2.24. The Balaban J connectivity index is 2.20. The van der Waals surface area contributed by atoms with Crippen LogP contribution in [0.2, 0.25) is 0 Å². The summed E-state index contributed by atoms with van der Waals surface area (Å²) in [6.07, 6.45) is 3.31. The lowest BCUT2D eigenvalue weighted by molar-refractivity contribution is 0.0687. The maximum Gasteiger partial charge on any atom is 0.356 e. The number of carboxylic acid groups (broad SMARTS) is 1. The summed E-state index contributed by atoms with van der Waals surface area (Å²) >= 11 is 0.772. The van der Waals surface area contributed by atoms with Gasteiger partial charge in [-0.3, -0.25) is 0 Å². The molecule has 0 fully saturated rings. The molecule has 0 saturated carbocycles. The fourth-order valence-corrected chi connectivity index (χ4v) is 3.48. The molecule has 0 aliphatic rings. The molecule has 7 nitrogen and oxygen atoms in total. The van der Waals surface area contributed by atoms with Gasteiger partial charge >= 0.3 is 5.97 Å². The van der Waals surface area contributed by atoms with Gasteiger partial charge in [-0.15, -0.1) is 11.3 Å². The fourth-order valence-electron chi connectivity index (χ4n) is 1.28. The number of rotatable bonds is 5. The van der Waals surface area contributed by atoms with E-state index >= 15 is 0 Å². The Hall–Kier alpha value is -1.71. The molecule has 0 saturated heterocycles. The standard InChI is InChI=1S/C9H9N3O4S2/c13-8(14)7-9(17-5-11-7)18(15,16)12-4-6-1-2-10-3-6/h1-3,5,10,12H,4H2,(H,13,14). The maximum atomic E-state index is 11.9. The van der Waals surface area contributed by atoms with Crippen molar-refractivity contribution >= 4 is 27.3 Å². The van der Waals surface area contributed by atoms with Crippen LogP contribution in [-0.2, 0) is 16.6 Å². The zero-order chi connectivity index (χ0) is 13.2. The average Bonchev–Trinajstić information content (AvgIpc) is 2.98. The van der Waals surface area contributed by atoms with E-state index < -0.39 is 21.7 Å². The molecule has 9 heteroatoms. The van der Waals surface area contributed by atoms with Gasteiger partial charge in [0.15, 0.2) is 9.90 Å². The fraction of sp³-hybridized carbons (Fsp3) is 0.111. The molecular formula is C9H9N3O4S2. The van der Waals surface area contributed by atoms with Crippen LogP contribution in [0.25, 0.3) is 0 Å². The van der Waals surface area contributed by atoms with Crippen molar-refractivity contribution in [3.05, 3.63) is 35.2 Å². The molecule has 96 valence electrons. The molecule has 0 aliphatic carbocycles. The Labute approximate surface area is 107 Å². The molecule has 2 aromatic heterocycles. The van der Waals surface area contributed by atoms with E-state index in [1.54, 1.807) is 18.5 Å². The van der Waals surface area contributed by atoms with Gasteiger partial charge in [-0.1, -0.05) is 0 Å². The van der Waals surface area contributed by atoms with Crippen molar-refractivity contribution in [3.8, 4) is 0 Å². The second kappa shape index (κ2) is 4.88. The molecule has 0 aromatic carbocycles.